The normalized spacial score (nSPS) is 15.7. The number of carboxylic acids is 1. The van der Waals surface area contributed by atoms with Crippen molar-refractivity contribution in [2.24, 2.45) is 0 Å². The number of pyridine rings is 1. The average molecular weight is 355 g/mol. The number of para-hydroxylation sites is 1. The number of nitrogens with zero attached hydrogens (tertiary/aromatic N) is 3. The van der Waals surface area contributed by atoms with Gasteiger partial charge in [-0.1, -0.05) is 24.3 Å². The van der Waals surface area contributed by atoms with Crippen LogP contribution in [-0.4, -0.2) is 58.6 Å². The van der Waals surface area contributed by atoms with E-state index in [2.05, 4.69) is 27.8 Å². The Balaban J connectivity index is 1.53. The van der Waals surface area contributed by atoms with Crippen LogP contribution in [0.15, 0.2) is 42.6 Å². The lowest BCUT2D eigenvalue weighted by molar-refractivity contribution is -0.139. The zero-order valence-electron chi connectivity index (χ0n) is 15.1. The van der Waals surface area contributed by atoms with Gasteiger partial charge in [-0.05, 0) is 24.6 Å². The minimum atomic E-state index is -0.960. The molecule has 1 aliphatic rings. The fourth-order valence-corrected chi connectivity index (χ4v) is 3.16. The summed E-state index contributed by atoms with van der Waals surface area (Å²) in [5.74, 6) is -0.306. The number of ether oxygens (including phenoxy) is 1. The first-order chi connectivity index (χ1) is 12.6. The average Bonchev–Trinajstić information content (AvgIpc) is 2.64. The summed E-state index contributed by atoms with van der Waals surface area (Å²) in [6.45, 7) is 7.38. The van der Waals surface area contributed by atoms with Gasteiger partial charge >= 0.3 is 5.97 Å². The minimum absolute atomic E-state index is 0.311. The van der Waals surface area contributed by atoms with E-state index in [1.165, 1.54) is 5.56 Å². The van der Waals surface area contributed by atoms with Crippen LogP contribution in [0.4, 0.5) is 0 Å². The first-order valence-electron chi connectivity index (χ1n) is 8.89. The number of rotatable bonds is 7. The highest BCUT2D eigenvalue weighted by Crippen LogP contribution is 2.21. The van der Waals surface area contributed by atoms with Crippen molar-refractivity contribution in [3.63, 3.8) is 0 Å². The van der Waals surface area contributed by atoms with Gasteiger partial charge in [-0.3, -0.25) is 14.8 Å². The standard InChI is InChI=1S/C20H25N3O3/c1-16-5-4-8-21-18(16)14-23-11-9-22(10-12-23)13-17-6-2-3-7-19(17)26-15-20(24)25/h2-8H,9-15H2,1H3,(H,24,25). The maximum absolute atomic E-state index is 10.7. The lowest BCUT2D eigenvalue weighted by Gasteiger charge is -2.35. The predicted molar refractivity (Wildman–Crippen MR) is 99.1 cm³/mol. The molecule has 138 valence electrons. The Morgan fingerprint density at radius 2 is 1.77 bits per heavy atom. The molecule has 1 fully saturated rings. The van der Waals surface area contributed by atoms with Gasteiger partial charge in [0.2, 0.25) is 0 Å². The van der Waals surface area contributed by atoms with Gasteiger partial charge in [0.25, 0.3) is 0 Å². The van der Waals surface area contributed by atoms with Crippen LogP contribution in [0.2, 0.25) is 0 Å². The van der Waals surface area contributed by atoms with Crippen molar-refractivity contribution >= 4 is 5.97 Å². The van der Waals surface area contributed by atoms with Crippen LogP contribution in [0.3, 0.4) is 0 Å². The monoisotopic (exact) mass is 355 g/mol. The molecule has 1 N–H and O–H groups in total. The summed E-state index contributed by atoms with van der Waals surface area (Å²) in [7, 11) is 0. The molecule has 3 rings (SSSR count). The Morgan fingerprint density at radius 3 is 2.46 bits per heavy atom. The molecule has 1 aromatic heterocycles. The molecule has 0 radical (unpaired) electrons. The second-order valence-corrected chi connectivity index (χ2v) is 6.61. The molecule has 0 atom stereocenters. The molecule has 6 nitrogen and oxygen atoms in total. The molecule has 0 bridgehead atoms. The lowest BCUT2D eigenvalue weighted by atomic mass is 10.1. The van der Waals surface area contributed by atoms with E-state index in [0.29, 0.717) is 5.75 Å². The van der Waals surface area contributed by atoms with Gasteiger partial charge in [0.15, 0.2) is 6.61 Å². The van der Waals surface area contributed by atoms with Gasteiger partial charge in [0.1, 0.15) is 5.75 Å². The molecule has 0 aliphatic carbocycles. The van der Waals surface area contributed by atoms with Crippen LogP contribution in [-0.2, 0) is 17.9 Å². The van der Waals surface area contributed by atoms with Crippen molar-refractivity contribution in [2.45, 2.75) is 20.0 Å². The van der Waals surface area contributed by atoms with Crippen molar-refractivity contribution in [1.82, 2.24) is 14.8 Å². The molecule has 0 amide bonds. The lowest BCUT2D eigenvalue weighted by Crippen LogP contribution is -2.45. The third kappa shape index (κ3) is 5.03. The van der Waals surface area contributed by atoms with Crippen molar-refractivity contribution in [1.29, 1.82) is 0 Å². The second kappa shape index (κ2) is 8.78. The van der Waals surface area contributed by atoms with E-state index in [1.54, 1.807) is 0 Å². The van der Waals surface area contributed by atoms with Gasteiger partial charge in [0.05, 0.1) is 5.69 Å². The third-order valence-corrected chi connectivity index (χ3v) is 4.67. The molecule has 1 aromatic carbocycles. The number of hydrogen-bond donors (Lipinski definition) is 1. The topological polar surface area (TPSA) is 65.9 Å². The maximum Gasteiger partial charge on any atom is 0.341 e. The molecule has 1 saturated heterocycles. The van der Waals surface area contributed by atoms with E-state index >= 15 is 0 Å². The van der Waals surface area contributed by atoms with Crippen molar-refractivity contribution in [3.8, 4) is 5.75 Å². The number of benzene rings is 1. The number of carboxylic acid groups (broad SMARTS) is 1. The van der Waals surface area contributed by atoms with Crippen LogP contribution in [0.1, 0.15) is 16.8 Å². The summed E-state index contributed by atoms with van der Waals surface area (Å²) in [6.07, 6.45) is 1.85. The van der Waals surface area contributed by atoms with Crippen LogP contribution in [0, 0.1) is 6.92 Å². The van der Waals surface area contributed by atoms with E-state index in [4.69, 9.17) is 9.84 Å². The smallest absolute Gasteiger partial charge is 0.341 e. The molecule has 0 unspecified atom stereocenters. The quantitative estimate of drug-likeness (QED) is 0.821. The summed E-state index contributed by atoms with van der Waals surface area (Å²) >= 11 is 0. The Morgan fingerprint density at radius 1 is 1.08 bits per heavy atom. The van der Waals surface area contributed by atoms with Crippen LogP contribution in [0.5, 0.6) is 5.75 Å². The number of aryl methyl sites for hydroxylation is 1. The minimum Gasteiger partial charge on any atom is -0.482 e. The third-order valence-electron chi connectivity index (χ3n) is 4.67. The first-order valence-corrected chi connectivity index (χ1v) is 8.89. The maximum atomic E-state index is 10.7. The Hall–Kier alpha value is -2.44. The number of hydrogen-bond acceptors (Lipinski definition) is 5. The molecular weight excluding hydrogens is 330 g/mol. The van der Waals surface area contributed by atoms with Gasteiger partial charge < -0.3 is 9.84 Å². The summed E-state index contributed by atoms with van der Waals surface area (Å²) in [5, 5.41) is 8.81. The number of carbonyl (C=O) groups is 1. The largest absolute Gasteiger partial charge is 0.482 e. The van der Waals surface area contributed by atoms with Gasteiger partial charge in [-0.2, -0.15) is 0 Å². The van der Waals surface area contributed by atoms with Crippen molar-refractivity contribution < 1.29 is 14.6 Å². The van der Waals surface area contributed by atoms with Crippen molar-refractivity contribution in [3.05, 3.63) is 59.4 Å². The molecule has 0 saturated carbocycles. The van der Waals surface area contributed by atoms with Crippen LogP contribution in [0.25, 0.3) is 0 Å². The fourth-order valence-electron chi connectivity index (χ4n) is 3.16. The summed E-state index contributed by atoms with van der Waals surface area (Å²) in [5.41, 5.74) is 3.41. The fraction of sp³-hybridized carbons (Fsp3) is 0.400. The molecule has 26 heavy (non-hydrogen) atoms. The van der Waals surface area contributed by atoms with E-state index in [-0.39, 0.29) is 6.61 Å². The highest BCUT2D eigenvalue weighted by atomic mass is 16.5. The molecule has 2 aromatic rings. The first kappa shape index (κ1) is 18.4. The molecular formula is C20H25N3O3. The number of aliphatic carboxylic acids is 1. The Kier molecular flexibility index (Phi) is 6.20. The van der Waals surface area contributed by atoms with Crippen LogP contribution >= 0.6 is 0 Å². The highest BCUT2D eigenvalue weighted by molar-refractivity contribution is 5.68. The van der Waals surface area contributed by atoms with Crippen LogP contribution < -0.4 is 4.74 Å². The second-order valence-electron chi connectivity index (χ2n) is 6.61. The Labute approximate surface area is 154 Å². The molecule has 0 spiro atoms. The summed E-state index contributed by atoms with van der Waals surface area (Å²) in [4.78, 5) is 20.0. The van der Waals surface area contributed by atoms with Crippen molar-refractivity contribution in [2.75, 3.05) is 32.8 Å². The number of piperazine rings is 1. The van der Waals surface area contributed by atoms with E-state index in [1.807, 2.05) is 36.5 Å². The molecule has 2 heterocycles. The van der Waals surface area contributed by atoms with Gasteiger partial charge in [0, 0.05) is 51.0 Å². The highest BCUT2D eigenvalue weighted by Gasteiger charge is 2.19. The van der Waals surface area contributed by atoms with E-state index in [9.17, 15) is 4.79 Å². The molecule has 1 aliphatic heterocycles. The van der Waals surface area contributed by atoms with Gasteiger partial charge in [-0.25, -0.2) is 4.79 Å². The zero-order valence-corrected chi connectivity index (χ0v) is 15.1. The Bertz CT molecular complexity index is 743. The molecule has 6 heteroatoms. The van der Waals surface area contributed by atoms with E-state index in [0.717, 1.165) is 50.5 Å². The number of aromatic nitrogens is 1. The summed E-state index contributed by atoms with van der Waals surface area (Å²) < 4.78 is 5.41. The predicted octanol–water partition coefficient (Wildman–Crippen LogP) is 2.17. The zero-order chi connectivity index (χ0) is 18.4. The SMILES string of the molecule is Cc1cccnc1CN1CCN(Cc2ccccc2OCC(=O)O)CC1. The van der Waals surface area contributed by atoms with E-state index < -0.39 is 5.97 Å². The summed E-state index contributed by atoms with van der Waals surface area (Å²) in [6, 6.07) is 11.7. The van der Waals surface area contributed by atoms with Gasteiger partial charge in [-0.15, -0.1) is 0 Å².